The fraction of sp³-hybridized carbons (Fsp3) is 0.400. The summed E-state index contributed by atoms with van der Waals surface area (Å²) < 4.78 is 0. The highest BCUT2D eigenvalue weighted by Gasteiger charge is 2.26. The van der Waals surface area contributed by atoms with Gasteiger partial charge in [0.2, 0.25) is 12.2 Å². The Balaban J connectivity index is 2.79. The number of carbonyl (C=O) groups is 2. The normalized spacial score (nSPS) is 13.2. The standard InChI is InChI=1S/C15H19N2O4/c1-11(10-18)17(9-12-5-3-2-4-6-12)15(21)13(16)7-8-14(19)20/h2-6,11,13H,7-9,16H2,1H3,(H,19,20)/t11-,13-/m0/s1. The van der Waals surface area contributed by atoms with Gasteiger partial charge in [0, 0.05) is 13.0 Å². The van der Waals surface area contributed by atoms with E-state index >= 15 is 0 Å². The quantitative estimate of drug-likeness (QED) is 0.734. The first kappa shape index (κ1) is 16.8. The zero-order valence-electron chi connectivity index (χ0n) is 11.9. The van der Waals surface area contributed by atoms with Crippen LogP contribution >= 0.6 is 0 Å². The third-order valence-corrected chi connectivity index (χ3v) is 3.10. The van der Waals surface area contributed by atoms with Gasteiger partial charge in [-0.05, 0) is 18.9 Å². The fourth-order valence-corrected chi connectivity index (χ4v) is 1.86. The Labute approximate surface area is 123 Å². The predicted octanol–water partition coefficient (Wildman–Crippen LogP) is 0.705. The molecular formula is C15H19N2O4. The summed E-state index contributed by atoms with van der Waals surface area (Å²) >= 11 is 0. The maximum atomic E-state index is 12.3. The van der Waals surface area contributed by atoms with Crippen molar-refractivity contribution in [3.8, 4) is 0 Å². The van der Waals surface area contributed by atoms with Gasteiger partial charge in [-0.1, -0.05) is 30.3 Å². The fourth-order valence-electron chi connectivity index (χ4n) is 1.86. The summed E-state index contributed by atoms with van der Waals surface area (Å²) in [7, 11) is 0. The molecule has 1 amide bonds. The molecule has 113 valence electrons. The molecule has 1 aromatic carbocycles. The number of carboxylic acid groups (broad SMARTS) is 1. The summed E-state index contributed by atoms with van der Waals surface area (Å²) in [5, 5.41) is 8.63. The smallest absolute Gasteiger partial charge is 0.303 e. The second-order valence-electron chi connectivity index (χ2n) is 4.78. The summed E-state index contributed by atoms with van der Waals surface area (Å²) in [4.78, 5) is 35.0. The van der Waals surface area contributed by atoms with E-state index in [0.29, 0.717) is 0 Å². The first-order valence-corrected chi connectivity index (χ1v) is 6.65. The Morgan fingerprint density at radius 1 is 1.33 bits per heavy atom. The predicted molar refractivity (Wildman–Crippen MR) is 77.0 cm³/mol. The van der Waals surface area contributed by atoms with Crippen LogP contribution in [0.15, 0.2) is 30.3 Å². The molecule has 21 heavy (non-hydrogen) atoms. The van der Waals surface area contributed by atoms with E-state index in [4.69, 9.17) is 10.8 Å². The average Bonchev–Trinajstić information content (AvgIpc) is 2.49. The third kappa shape index (κ3) is 5.35. The number of hydrogen-bond donors (Lipinski definition) is 2. The minimum Gasteiger partial charge on any atom is -0.481 e. The summed E-state index contributed by atoms with van der Waals surface area (Å²) in [5.41, 5.74) is 6.59. The Morgan fingerprint density at radius 2 is 1.95 bits per heavy atom. The van der Waals surface area contributed by atoms with Gasteiger partial charge in [0.25, 0.3) is 0 Å². The van der Waals surface area contributed by atoms with Crippen LogP contribution in [0.3, 0.4) is 0 Å². The molecule has 0 saturated heterocycles. The summed E-state index contributed by atoms with van der Waals surface area (Å²) in [6.07, 6.45) is 1.61. The largest absolute Gasteiger partial charge is 0.481 e. The molecule has 0 spiro atoms. The lowest BCUT2D eigenvalue weighted by molar-refractivity contribution is -0.138. The minimum absolute atomic E-state index is 0.0328. The van der Waals surface area contributed by atoms with Gasteiger partial charge in [-0.15, -0.1) is 0 Å². The lowest BCUT2D eigenvalue weighted by atomic mass is 10.1. The highest BCUT2D eigenvalue weighted by Crippen LogP contribution is 2.10. The average molecular weight is 291 g/mol. The third-order valence-electron chi connectivity index (χ3n) is 3.10. The van der Waals surface area contributed by atoms with E-state index < -0.39 is 24.0 Å². The van der Waals surface area contributed by atoms with E-state index in [0.717, 1.165) is 5.56 Å². The van der Waals surface area contributed by atoms with Gasteiger partial charge in [-0.2, -0.15) is 0 Å². The van der Waals surface area contributed by atoms with Gasteiger partial charge in [0.1, 0.15) is 0 Å². The minimum atomic E-state index is -1.01. The maximum absolute atomic E-state index is 12.3. The monoisotopic (exact) mass is 291 g/mol. The maximum Gasteiger partial charge on any atom is 0.303 e. The molecule has 0 heterocycles. The second-order valence-corrected chi connectivity index (χ2v) is 4.78. The highest BCUT2D eigenvalue weighted by atomic mass is 16.4. The number of aliphatic carboxylic acids is 1. The molecule has 0 aliphatic heterocycles. The van der Waals surface area contributed by atoms with Crippen molar-refractivity contribution in [2.75, 3.05) is 0 Å². The van der Waals surface area contributed by atoms with Crippen molar-refractivity contribution in [3.63, 3.8) is 0 Å². The van der Waals surface area contributed by atoms with Crippen LogP contribution in [0.4, 0.5) is 0 Å². The second kappa shape index (κ2) is 8.16. The van der Waals surface area contributed by atoms with E-state index in [1.54, 1.807) is 13.2 Å². The molecule has 0 aliphatic rings. The molecule has 1 aromatic rings. The van der Waals surface area contributed by atoms with Crippen molar-refractivity contribution in [3.05, 3.63) is 35.9 Å². The van der Waals surface area contributed by atoms with Crippen LogP contribution in [0.2, 0.25) is 0 Å². The number of carbonyl (C=O) groups excluding carboxylic acids is 2. The molecule has 0 aromatic heterocycles. The van der Waals surface area contributed by atoms with Crippen molar-refractivity contribution in [2.45, 2.75) is 38.4 Å². The van der Waals surface area contributed by atoms with Crippen LogP contribution < -0.4 is 5.73 Å². The lowest BCUT2D eigenvalue weighted by Gasteiger charge is -2.28. The number of rotatable bonds is 8. The molecule has 0 aliphatic carbocycles. The van der Waals surface area contributed by atoms with Crippen molar-refractivity contribution in [1.82, 2.24) is 4.90 Å². The van der Waals surface area contributed by atoms with Gasteiger partial charge in [0.05, 0.1) is 12.1 Å². The summed E-state index contributed by atoms with van der Waals surface area (Å²) in [6, 6.07) is 7.49. The SMILES string of the molecule is C[C@@H]([C]=O)N(Cc1ccccc1)C(=O)[C@@H](N)CCC(=O)O. The van der Waals surface area contributed by atoms with Crippen LogP contribution in [0.5, 0.6) is 0 Å². The summed E-state index contributed by atoms with van der Waals surface area (Å²) in [6.45, 7) is 1.79. The zero-order chi connectivity index (χ0) is 15.8. The number of hydrogen-bond acceptors (Lipinski definition) is 4. The molecule has 0 saturated carbocycles. The molecule has 6 nitrogen and oxygen atoms in total. The van der Waals surface area contributed by atoms with Gasteiger partial charge in [-0.25, -0.2) is 0 Å². The van der Waals surface area contributed by atoms with Gasteiger partial charge in [-0.3, -0.25) is 14.4 Å². The van der Waals surface area contributed by atoms with Crippen LogP contribution in [-0.2, 0) is 20.9 Å². The van der Waals surface area contributed by atoms with E-state index in [9.17, 15) is 14.4 Å². The molecule has 0 fully saturated rings. The number of nitrogens with two attached hydrogens (primary N) is 1. The molecule has 2 atom stereocenters. The Hall–Kier alpha value is -2.21. The number of amides is 1. The molecule has 1 rings (SSSR count). The van der Waals surface area contributed by atoms with Crippen LogP contribution in [0.25, 0.3) is 0 Å². The lowest BCUT2D eigenvalue weighted by Crippen LogP contribution is -2.48. The molecule has 6 heteroatoms. The van der Waals surface area contributed by atoms with Gasteiger partial charge < -0.3 is 15.7 Å². The van der Waals surface area contributed by atoms with Crippen molar-refractivity contribution >= 4 is 18.2 Å². The number of carboxylic acids is 1. The first-order chi connectivity index (χ1) is 9.95. The Morgan fingerprint density at radius 3 is 2.48 bits per heavy atom. The van der Waals surface area contributed by atoms with E-state index in [-0.39, 0.29) is 19.4 Å². The van der Waals surface area contributed by atoms with E-state index in [1.807, 2.05) is 30.3 Å². The summed E-state index contributed by atoms with van der Waals surface area (Å²) in [5.74, 6) is -1.46. The molecule has 0 bridgehead atoms. The number of benzene rings is 1. The van der Waals surface area contributed by atoms with Crippen LogP contribution in [0, 0.1) is 0 Å². The zero-order valence-corrected chi connectivity index (χ0v) is 11.9. The van der Waals surface area contributed by atoms with E-state index in [2.05, 4.69) is 0 Å². The molecule has 3 N–H and O–H groups in total. The Kier molecular flexibility index (Phi) is 6.55. The molecule has 1 radical (unpaired) electrons. The van der Waals surface area contributed by atoms with Crippen molar-refractivity contribution in [1.29, 1.82) is 0 Å². The van der Waals surface area contributed by atoms with Crippen LogP contribution in [-0.4, -0.2) is 40.3 Å². The molecular weight excluding hydrogens is 272 g/mol. The molecule has 0 unspecified atom stereocenters. The van der Waals surface area contributed by atoms with Gasteiger partial charge in [0.15, 0.2) is 0 Å². The number of nitrogens with zero attached hydrogens (tertiary/aromatic N) is 1. The van der Waals surface area contributed by atoms with Crippen molar-refractivity contribution < 1.29 is 19.5 Å². The first-order valence-electron chi connectivity index (χ1n) is 6.65. The van der Waals surface area contributed by atoms with Crippen LogP contribution in [0.1, 0.15) is 25.3 Å². The highest BCUT2D eigenvalue weighted by molar-refractivity contribution is 5.84. The van der Waals surface area contributed by atoms with Crippen molar-refractivity contribution in [2.24, 2.45) is 5.73 Å². The topological polar surface area (TPSA) is 101 Å². The Bertz CT molecular complexity index is 490. The van der Waals surface area contributed by atoms with Gasteiger partial charge >= 0.3 is 5.97 Å². The van der Waals surface area contributed by atoms with E-state index in [1.165, 1.54) is 4.90 Å².